The predicted octanol–water partition coefficient (Wildman–Crippen LogP) is 1.85. The minimum absolute atomic E-state index is 0.124. The van der Waals surface area contributed by atoms with Gasteiger partial charge in [0.15, 0.2) is 0 Å². The lowest BCUT2D eigenvalue weighted by Gasteiger charge is -2.34. The SMILES string of the molecule is COC1CC(Nc2cc(OC(C)C)ncn2)C1. The summed E-state index contributed by atoms with van der Waals surface area (Å²) in [4.78, 5) is 8.24. The van der Waals surface area contributed by atoms with Crippen molar-refractivity contribution >= 4 is 5.82 Å². The summed E-state index contributed by atoms with van der Waals surface area (Å²) in [6.07, 6.45) is 4.09. The molecule has 0 unspecified atom stereocenters. The standard InChI is InChI=1S/C12H19N3O2/c1-8(2)17-12-6-11(13-7-14-12)15-9-4-10(5-9)16-3/h6-10H,4-5H2,1-3H3,(H,13,14,15). The maximum absolute atomic E-state index is 5.51. The van der Waals surface area contributed by atoms with E-state index in [1.807, 2.05) is 19.9 Å². The van der Waals surface area contributed by atoms with Gasteiger partial charge in [-0.3, -0.25) is 0 Å². The molecule has 1 saturated carbocycles. The monoisotopic (exact) mass is 237 g/mol. The van der Waals surface area contributed by atoms with Crippen LogP contribution in [0.5, 0.6) is 5.88 Å². The molecule has 5 nitrogen and oxygen atoms in total. The molecule has 1 aromatic heterocycles. The van der Waals surface area contributed by atoms with Crippen molar-refractivity contribution in [3.8, 4) is 5.88 Å². The number of hydrogen-bond acceptors (Lipinski definition) is 5. The summed E-state index contributed by atoms with van der Waals surface area (Å²) < 4.78 is 10.7. The molecule has 17 heavy (non-hydrogen) atoms. The van der Waals surface area contributed by atoms with Gasteiger partial charge in [0.25, 0.3) is 0 Å². The van der Waals surface area contributed by atoms with Crippen LogP contribution in [-0.2, 0) is 4.74 Å². The molecule has 1 heterocycles. The molecule has 0 atom stereocenters. The molecule has 0 aliphatic heterocycles. The number of nitrogens with one attached hydrogen (secondary N) is 1. The van der Waals surface area contributed by atoms with Crippen LogP contribution in [0.15, 0.2) is 12.4 Å². The molecule has 0 spiro atoms. The smallest absolute Gasteiger partial charge is 0.218 e. The highest BCUT2D eigenvalue weighted by Crippen LogP contribution is 2.26. The van der Waals surface area contributed by atoms with Gasteiger partial charge < -0.3 is 14.8 Å². The zero-order chi connectivity index (χ0) is 12.3. The number of rotatable bonds is 5. The average molecular weight is 237 g/mol. The van der Waals surface area contributed by atoms with Gasteiger partial charge in [0.2, 0.25) is 5.88 Å². The average Bonchev–Trinajstić information content (AvgIpc) is 2.22. The van der Waals surface area contributed by atoms with Crippen molar-refractivity contribution in [3.63, 3.8) is 0 Å². The van der Waals surface area contributed by atoms with Crippen molar-refractivity contribution in [3.05, 3.63) is 12.4 Å². The van der Waals surface area contributed by atoms with E-state index in [-0.39, 0.29) is 6.10 Å². The van der Waals surface area contributed by atoms with Crippen molar-refractivity contribution in [1.29, 1.82) is 0 Å². The van der Waals surface area contributed by atoms with Gasteiger partial charge in [0.1, 0.15) is 12.1 Å². The normalized spacial score (nSPS) is 23.3. The summed E-state index contributed by atoms with van der Waals surface area (Å²) in [5.41, 5.74) is 0. The Morgan fingerprint density at radius 1 is 1.35 bits per heavy atom. The van der Waals surface area contributed by atoms with Crippen molar-refractivity contribution in [2.75, 3.05) is 12.4 Å². The third kappa shape index (κ3) is 3.30. The van der Waals surface area contributed by atoms with Crippen LogP contribution in [0.3, 0.4) is 0 Å². The second-order valence-corrected chi connectivity index (χ2v) is 4.58. The van der Waals surface area contributed by atoms with E-state index in [0.717, 1.165) is 18.7 Å². The molecule has 1 aliphatic rings. The van der Waals surface area contributed by atoms with Gasteiger partial charge in [0, 0.05) is 19.2 Å². The quantitative estimate of drug-likeness (QED) is 0.847. The third-order valence-corrected chi connectivity index (χ3v) is 2.78. The zero-order valence-electron chi connectivity index (χ0n) is 10.5. The summed E-state index contributed by atoms with van der Waals surface area (Å²) in [5.74, 6) is 1.43. The molecule has 0 bridgehead atoms. The van der Waals surface area contributed by atoms with E-state index in [0.29, 0.717) is 18.0 Å². The van der Waals surface area contributed by atoms with E-state index in [1.165, 1.54) is 6.33 Å². The Kier molecular flexibility index (Phi) is 3.78. The fourth-order valence-electron chi connectivity index (χ4n) is 1.81. The van der Waals surface area contributed by atoms with Gasteiger partial charge in [-0.2, -0.15) is 0 Å². The molecule has 0 saturated heterocycles. The van der Waals surface area contributed by atoms with Crippen LogP contribution >= 0.6 is 0 Å². The van der Waals surface area contributed by atoms with Crippen LogP contribution in [0.2, 0.25) is 0 Å². The Bertz CT molecular complexity index is 365. The van der Waals surface area contributed by atoms with Crippen molar-refractivity contribution in [2.24, 2.45) is 0 Å². The van der Waals surface area contributed by atoms with E-state index >= 15 is 0 Å². The van der Waals surface area contributed by atoms with Gasteiger partial charge in [-0.1, -0.05) is 0 Å². The van der Waals surface area contributed by atoms with Crippen molar-refractivity contribution in [1.82, 2.24) is 9.97 Å². The molecule has 5 heteroatoms. The number of aromatic nitrogens is 2. The van der Waals surface area contributed by atoms with E-state index in [1.54, 1.807) is 7.11 Å². The van der Waals surface area contributed by atoms with Crippen LogP contribution in [0, 0.1) is 0 Å². The fraction of sp³-hybridized carbons (Fsp3) is 0.667. The molecule has 1 fully saturated rings. The lowest BCUT2D eigenvalue weighted by Crippen LogP contribution is -2.40. The first-order valence-electron chi connectivity index (χ1n) is 5.95. The van der Waals surface area contributed by atoms with E-state index in [9.17, 15) is 0 Å². The summed E-state index contributed by atoms with van der Waals surface area (Å²) in [7, 11) is 1.75. The first-order chi connectivity index (χ1) is 8.17. The van der Waals surface area contributed by atoms with Crippen LogP contribution in [0.4, 0.5) is 5.82 Å². The highest BCUT2D eigenvalue weighted by atomic mass is 16.5. The lowest BCUT2D eigenvalue weighted by atomic mass is 9.89. The van der Waals surface area contributed by atoms with Crippen LogP contribution < -0.4 is 10.1 Å². The minimum Gasteiger partial charge on any atom is -0.475 e. The molecular weight excluding hydrogens is 218 g/mol. The number of anilines is 1. The lowest BCUT2D eigenvalue weighted by molar-refractivity contribution is 0.0328. The van der Waals surface area contributed by atoms with Crippen LogP contribution in [0.25, 0.3) is 0 Å². The molecule has 0 amide bonds. The number of ether oxygens (including phenoxy) is 2. The maximum Gasteiger partial charge on any atom is 0.218 e. The number of hydrogen-bond donors (Lipinski definition) is 1. The Balaban J connectivity index is 1.88. The van der Waals surface area contributed by atoms with Crippen molar-refractivity contribution < 1.29 is 9.47 Å². The number of nitrogens with zero attached hydrogens (tertiary/aromatic N) is 2. The molecule has 1 aromatic rings. The minimum atomic E-state index is 0.124. The summed E-state index contributed by atoms with van der Waals surface area (Å²) in [5, 5.41) is 3.35. The molecule has 94 valence electrons. The van der Waals surface area contributed by atoms with E-state index in [4.69, 9.17) is 9.47 Å². The largest absolute Gasteiger partial charge is 0.475 e. The first-order valence-corrected chi connectivity index (χ1v) is 5.95. The topological polar surface area (TPSA) is 56.3 Å². The molecule has 0 radical (unpaired) electrons. The fourth-order valence-corrected chi connectivity index (χ4v) is 1.81. The molecule has 0 aromatic carbocycles. The van der Waals surface area contributed by atoms with E-state index in [2.05, 4.69) is 15.3 Å². The third-order valence-electron chi connectivity index (χ3n) is 2.78. The van der Waals surface area contributed by atoms with E-state index < -0.39 is 0 Å². The van der Waals surface area contributed by atoms with Gasteiger partial charge in [-0.15, -0.1) is 0 Å². The van der Waals surface area contributed by atoms with Crippen LogP contribution in [-0.4, -0.2) is 35.3 Å². The Hall–Kier alpha value is -1.36. The first kappa shape index (κ1) is 12.1. The van der Waals surface area contributed by atoms with Crippen LogP contribution in [0.1, 0.15) is 26.7 Å². The Morgan fingerprint density at radius 3 is 2.76 bits per heavy atom. The molecule has 2 rings (SSSR count). The highest BCUT2D eigenvalue weighted by Gasteiger charge is 2.29. The highest BCUT2D eigenvalue weighted by molar-refractivity contribution is 5.38. The Labute approximate surface area is 102 Å². The number of methoxy groups -OCH3 is 1. The van der Waals surface area contributed by atoms with Gasteiger partial charge >= 0.3 is 0 Å². The Morgan fingerprint density at radius 2 is 2.12 bits per heavy atom. The summed E-state index contributed by atoms with van der Waals surface area (Å²) >= 11 is 0. The maximum atomic E-state index is 5.51. The summed E-state index contributed by atoms with van der Waals surface area (Å²) in [6.45, 7) is 3.95. The summed E-state index contributed by atoms with van der Waals surface area (Å²) in [6, 6.07) is 2.28. The predicted molar refractivity (Wildman–Crippen MR) is 65.2 cm³/mol. The molecule has 1 N–H and O–H groups in total. The molecular formula is C12H19N3O2. The van der Waals surface area contributed by atoms with Gasteiger partial charge in [-0.25, -0.2) is 9.97 Å². The van der Waals surface area contributed by atoms with Gasteiger partial charge in [0.05, 0.1) is 12.2 Å². The second kappa shape index (κ2) is 5.31. The molecule has 1 aliphatic carbocycles. The zero-order valence-corrected chi connectivity index (χ0v) is 10.5. The van der Waals surface area contributed by atoms with Gasteiger partial charge in [-0.05, 0) is 26.7 Å². The second-order valence-electron chi connectivity index (χ2n) is 4.58. The van der Waals surface area contributed by atoms with Crippen molar-refractivity contribution in [2.45, 2.75) is 44.9 Å².